The second-order valence-electron chi connectivity index (χ2n) is 6.58. The number of morpholine rings is 1. The standard InChI is InChI=1S/C20H21N5O2/c1-13-19(14(2)26)24-20(23-13)18-10-15(3-4-22-18)16-9-17(12-21-11-16)25-5-7-27-8-6-25/h3-4,9-12H,5-8H2,1-2H3,(H,23,24). The van der Waals surface area contributed by atoms with E-state index in [1.165, 1.54) is 6.92 Å². The lowest BCUT2D eigenvalue weighted by atomic mass is 10.1. The zero-order valence-electron chi connectivity index (χ0n) is 15.4. The molecule has 0 saturated carbocycles. The van der Waals surface area contributed by atoms with E-state index in [2.05, 4.69) is 30.9 Å². The van der Waals surface area contributed by atoms with Crippen molar-refractivity contribution in [3.63, 3.8) is 0 Å². The summed E-state index contributed by atoms with van der Waals surface area (Å²) in [5.41, 5.74) is 4.99. The van der Waals surface area contributed by atoms with Gasteiger partial charge in [0.1, 0.15) is 11.4 Å². The summed E-state index contributed by atoms with van der Waals surface area (Å²) >= 11 is 0. The van der Waals surface area contributed by atoms with E-state index in [0.717, 1.165) is 48.8 Å². The number of H-pyrrole nitrogens is 1. The van der Waals surface area contributed by atoms with Crippen LogP contribution in [0.5, 0.6) is 0 Å². The minimum atomic E-state index is -0.0615. The Bertz CT molecular complexity index is 976. The van der Waals surface area contributed by atoms with Crippen LogP contribution in [-0.4, -0.2) is 52.0 Å². The van der Waals surface area contributed by atoms with Gasteiger partial charge in [0.05, 0.1) is 25.1 Å². The number of nitrogens with one attached hydrogen (secondary N) is 1. The molecule has 4 heterocycles. The van der Waals surface area contributed by atoms with Crippen LogP contribution in [0.4, 0.5) is 5.69 Å². The maximum Gasteiger partial charge on any atom is 0.179 e. The second kappa shape index (κ2) is 7.28. The summed E-state index contributed by atoms with van der Waals surface area (Å²) in [6.45, 7) is 6.56. The number of nitrogens with zero attached hydrogens (tertiary/aromatic N) is 4. The summed E-state index contributed by atoms with van der Waals surface area (Å²) in [7, 11) is 0. The van der Waals surface area contributed by atoms with Crippen molar-refractivity contribution in [2.24, 2.45) is 0 Å². The van der Waals surface area contributed by atoms with Crippen LogP contribution >= 0.6 is 0 Å². The van der Waals surface area contributed by atoms with Crippen molar-refractivity contribution in [3.8, 4) is 22.6 Å². The van der Waals surface area contributed by atoms with Crippen molar-refractivity contribution >= 4 is 11.5 Å². The Morgan fingerprint density at radius 2 is 2.00 bits per heavy atom. The lowest BCUT2D eigenvalue weighted by molar-refractivity contribution is 0.101. The van der Waals surface area contributed by atoms with E-state index in [4.69, 9.17) is 4.74 Å². The lowest BCUT2D eigenvalue weighted by Crippen LogP contribution is -2.36. The monoisotopic (exact) mass is 363 g/mol. The van der Waals surface area contributed by atoms with Gasteiger partial charge in [-0.15, -0.1) is 0 Å². The Kier molecular flexibility index (Phi) is 4.68. The van der Waals surface area contributed by atoms with Crippen molar-refractivity contribution in [3.05, 3.63) is 48.2 Å². The molecule has 4 rings (SSSR count). The van der Waals surface area contributed by atoms with E-state index < -0.39 is 0 Å². The van der Waals surface area contributed by atoms with Crippen LogP contribution in [0, 0.1) is 6.92 Å². The first-order chi connectivity index (χ1) is 13.1. The van der Waals surface area contributed by atoms with Crippen LogP contribution in [0.1, 0.15) is 23.1 Å². The highest BCUT2D eigenvalue weighted by atomic mass is 16.5. The zero-order valence-corrected chi connectivity index (χ0v) is 15.4. The molecule has 3 aromatic heterocycles. The summed E-state index contributed by atoms with van der Waals surface area (Å²) < 4.78 is 5.42. The quantitative estimate of drug-likeness (QED) is 0.718. The van der Waals surface area contributed by atoms with Gasteiger partial charge in [-0.2, -0.15) is 0 Å². The molecule has 0 amide bonds. The Hall–Kier alpha value is -3.06. The molecule has 3 aromatic rings. The molecule has 0 aliphatic carbocycles. The van der Waals surface area contributed by atoms with Crippen molar-refractivity contribution < 1.29 is 9.53 Å². The molecule has 0 radical (unpaired) electrons. The van der Waals surface area contributed by atoms with Gasteiger partial charge in [-0.05, 0) is 30.7 Å². The summed E-state index contributed by atoms with van der Waals surface area (Å²) in [5, 5.41) is 0. The van der Waals surface area contributed by atoms with E-state index in [1.54, 1.807) is 6.20 Å². The molecule has 7 nitrogen and oxygen atoms in total. The first-order valence-corrected chi connectivity index (χ1v) is 8.94. The number of rotatable bonds is 4. The maximum absolute atomic E-state index is 11.7. The van der Waals surface area contributed by atoms with Crippen LogP contribution in [0.25, 0.3) is 22.6 Å². The van der Waals surface area contributed by atoms with Gasteiger partial charge in [0, 0.05) is 43.7 Å². The number of carbonyl (C=O) groups is 1. The van der Waals surface area contributed by atoms with E-state index in [-0.39, 0.29) is 5.78 Å². The van der Waals surface area contributed by atoms with Crippen LogP contribution in [0.15, 0.2) is 36.8 Å². The number of ketones is 1. The summed E-state index contributed by atoms with van der Waals surface area (Å²) in [4.78, 5) is 30.3. The zero-order chi connectivity index (χ0) is 18.8. The minimum Gasteiger partial charge on any atom is -0.378 e. The number of pyridine rings is 2. The van der Waals surface area contributed by atoms with E-state index in [0.29, 0.717) is 17.2 Å². The number of aromatic nitrogens is 4. The number of hydrogen-bond donors (Lipinski definition) is 1. The van der Waals surface area contributed by atoms with Gasteiger partial charge < -0.3 is 14.6 Å². The molecule has 1 N–H and O–H groups in total. The van der Waals surface area contributed by atoms with Gasteiger partial charge in [-0.3, -0.25) is 14.8 Å². The highest BCUT2D eigenvalue weighted by Crippen LogP contribution is 2.26. The molecule has 138 valence electrons. The number of imidazole rings is 1. The van der Waals surface area contributed by atoms with E-state index in [9.17, 15) is 4.79 Å². The molecule has 1 fully saturated rings. The maximum atomic E-state index is 11.7. The average Bonchev–Trinajstić information content (AvgIpc) is 3.11. The third kappa shape index (κ3) is 3.59. The summed E-state index contributed by atoms with van der Waals surface area (Å²) in [6.07, 6.45) is 5.47. The average molecular weight is 363 g/mol. The molecule has 1 aliphatic rings. The number of ether oxygens (including phenoxy) is 1. The van der Waals surface area contributed by atoms with Gasteiger partial charge in [0.2, 0.25) is 0 Å². The Labute approximate surface area is 157 Å². The molecule has 1 aliphatic heterocycles. The van der Waals surface area contributed by atoms with Gasteiger partial charge in [-0.25, -0.2) is 4.98 Å². The van der Waals surface area contributed by atoms with E-state index in [1.807, 2.05) is 31.5 Å². The summed E-state index contributed by atoms with van der Waals surface area (Å²) in [5.74, 6) is 0.533. The lowest BCUT2D eigenvalue weighted by Gasteiger charge is -2.28. The number of hydrogen-bond acceptors (Lipinski definition) is 6. The molecule has 0 atom stereocenters. The predicted molar refractivity (Wildman–Crippen MR) is 103 cm³/mol. The third-order valence-electron chi connectivity index (χ3n) is 4.65. The number of anilines is 1. The fourth-order valence-electron chi connectivity index (χ4n) is 3.24. The molecule has 7 heteroatoms. The fourth-order valence-corrected chi connectivity index (χ4v) is 3.24. The predicted octanol–water partition coefficient (Wildman–Crippen LogP) is 2.88. The smallest absolute Gasteiger partial charge is 0.179 e. The Morgan fingerprint density at radius 3 is 2.74 bits per heavy atom. The molecule has 27 heavy (non-hydrogen) atoms. The normalized spacial score (nSPS) is 14.4. The van der Waals surface area contributed by atoms with Gasteiger partial charge in [0.15, 0.2) is 11.6 Å². The highest BCUT2D eigenvalue weighted by molar-refractivity contribution is 5.93. The van der Waals surface area contributed by atoms with Crippen LogP contribution in [0.3, 0.4) is 0 Å². The second-order valence-corrected chi connectivity index (χ2v) is 6.58. The number of aryl methyl sites for hydroxylation is 1. The van der Waals surface area contributed by atoms with Crippen molar-refractivity contribution in [1.82, 2.24) is 19.9 Å². The van der Waals surface area contributed by atoms with E-state index >= 15 is 0 Å². The largest absolute Gasteiger partial charge is 0.378 e. The number of carbonyl (C=O) groups excluding carboxylic acids is 1. The first kappa shape index (κ1) is 17.4. The molecule has 0 bridgehead atoms. The summed E-state index contributed by atoms with van der Waals surface area (Å²) in [6, 6.07) is 6.04. The molecular formula is C20H21N5O2. The van der Waals surface area contributed by atoms with Crippen LogP contribution in [0.2, 0.25) is 0 Å². The van der Waals surface area contributed by atoms with Crippen molar-refractivity contribution in [2.75, 3.05) is 31.2 Å². The SMILES string of the molecule is CC(=O)c1nc(-c2cc(-c3cncc(N4CCOCC4)c3)ccn2)[nH]c1C. The van der Waals surface area contributed by atoms with Crippen molar-refractivity contribution in [1.29, 1.82) is 0 Å². The molecule has 0 aromatic carbocycles. The molecule has 0 spiro atoms. The van der Waals surface area contributed by atoms with Gasteiger partial charge >= 0.3 is 0 Å². The minimum absolute atomic E-state index is 0.0615. The third-order valence-corrected chi connectivity index (χ3v) is 4.65. The number of aromatic amines is 1. The Morgan fingerprint density at radius 1 is 1.19 bits per heavy atom. The highest BCUT2D eigenvalue weighted by Gasteiger charge is 2.15. The topological polar surface area (TPSA) is 84.0 Å². The van der Waals surface area contributed by atoms with Gasteiger partial charge in [-0.1, -0.05) is 0 Å². The molecule has 0 unspecified atom stereocenters. The first-order valence-electron chi connectivity index (χ1n) is 8.94. The Balaban J connectivity index is 1.66. The molecule has 1 saturated heterocycles. The van der Waals surface area contributed by atoms with Crippen LogP contribution < -0.4 is 4.90 Å². The van der Waals surface area contributed by atoms with Gasteiger partial charge in [0.25, 0.3) is 0 Å². The molecular weight excluding hydrogens is 342 g/mol. The fraction of sp³-hybridized carbons (Fsp3) is 0.300. The van der Waals surface area contributed by atoms with Crippen molar-refractivity contribution in [2.45, 2.75) is 13.8 Å². The van der Waals surface area contributed by atoms with Crippen LogP contribution in [-0.2, 0) is 4.74 Å². The number of Topliss-reactive ketones (excluding diaryl/α,β-unsaturated/α-hetero) is 1.